The second-order valence-electron chi connectivity index (χ2n) is 4.49. The van der Waals surface area contributed by atoms with E-state index in [1.807, 2.05) is 0 Å². The zero-order chi connectivity index (χ0) is 16.1. The molecule has 2 N–H and O–H groups in total. The van der Waals surface area contributed by atoms with Crippen LogP contribution in [0.25, 0.3) is 0 Å². The van der Waals surface area contributed by atoms with E-state index in [-0.39, 0.29) is 24.3 Å². The van der Waals surface area contributed by atoms with E-state index < -0.39 is 0 Å². The van der Waals surface area contributed by atoms with E-state index in [0.29, 0.717) is 22.2 Å². The second-order valence-corrected chi connectivity index (χ2v) is 4.90. The fourth-order valence-electron chi connectivity index (χ4n) is 1.63. The summed E-state index contributed by atoms with van der Waals surface area (Å²) in [5, 5.41) is 9.13. The molecule has 0 unspecified atom stereocenters. The van der Waals surface area contributed by atoms with Gasteiger partial charge in [-0.25, -0.2) is 0 Å². The maximum Gasteiger partial charge on any atom is 0.262 e. The van der Waals surface area contributed by atoms with Crippen LogP contribution >= 0.6 is 11.6 Å². The van der Waals surface area contributed by atoms with Crippen LogP contribution < -0.4 is 15.4 Å². The predicted octanol–water partition coefficient (Wildman–Crippen LogP) is 2.61. The third-order valence-electron chi connectivity index (χ3n) is 2.52. The summed E-state index contributed by atoms with van der Waals surface area (Å²) in [6.45, 7) is 2.89. The topological polar surface area (TPSA) is 93.5 Å². The van der Waals surface area contributed by atoms with Gasteiger partial charge in [-0.3, -0.25) is 9.59 Å². The molecule has 0 saturated carbocycles. The van der Waals surface area contributed by atoms with Gasteiger partial charge in [0.25, 0.3) is 11.8 Å². The van der Waals surface area contributed by atoms with Crippen LogP contribution in [-0.2, 0) is 9.59 Å². The summed E-state index contributed by atoms with van der Waals surface area (Å²) in [6.07, 6.45) is 0. The minimum atomic E-state index is -0.371. The fourth-order valence-corrected chi connectivity index (χ4v) is 1.86. The van der Waals surface area contributed by atoms with Crippen LogP contribution in [0.4, 0.5) is 11.4 Å². The van der Waals surface area contributed by atoms with Crippen molar-refractivity contribution in [1.29, 1.82) is 0 Å². The molecule has 1 heterocycles. The summed E-state index contributed by atoms with van der Waals surface area (Å²) in [5.41, 5.74) is 0.963. The summed E-state index contributed by atoms with van der Waals surface area (Å²) in [6, 6.07) is 6.33. The lowest BCUT2D eigenvalue weighted by atomic mass is 10.2. The Morgan fingerprint density at radius 2 is 2.09 bits per heavy atom. The van der Waals surface area contributed by atoms with Crippen LogP contribution in [0.5, 0.6) is 5.88 Å². The van der Waals surface area contributed by atoms with Crippen LogP contribution in [0.15, 0.2) is 28.8 Å². The van der Waals surface area contributed by atoms with Crippen LogP contribution in [0.2, 0.25) is 5.02 Å². The number of carbonyl (C=O) groups excluding carboxylic acids is 2. The van der Waals surface area contributed by atoms with Crippen LogP contribution in [0, 0.1) is 6.92 Å². The molecule has 8 heteroatoms. The SMILES string of the molecule is CC(=O)Nc1ccc(NC(=O)COc2cc(C)on2)cc1Cl. The van der Waals surface area contributed by atoms with E-state index in [1.54, 1.807) is 25.1 Å². The molecular weight excluding hydrogens is 310 g/mol. The van der Waals surface area contributed by atoms with Gasteiger partial charge in [0.15, 0.2) is 6.61 Å². The van der Waals surface area contributed by atoms with Crippen molar-refractivity contribution in [2.75, 3.05) is 17.2 Å². The largest absolute Gasteiger partial charge is 0.465 e. The molecule has 1 aromatic heterocycles. The van der Waals surface area contributed by atoms with Gasteiger partial charge < -0.3 is 19.9 Å². The highest BCUT2D eigenvalue weighted by molar-refractivity contribution is 6.34. The third-order valence-corrected chi connectivity index (χ3v) is 2.83. The molecule has 0 saturated heterocycles. The first-order chi connectivity index (χ1) is 10.4. The molecule has 0 aliphatic rings. The standard InChI is InChI=1S/C14H14ClN3O4/c1-8-5-14(18-22-8)21-7-13(20)17-10-3-4-12(11(15)6-10)16-9(2)19/h3-6H,7H2,1-2H3,(H,16,19)(H,17,20). The smallest absolute Gasteiger partial charge is 0.262 e. The Morgan fingerprint density at radius 1 is 1.32 bits per heavy atom. The Balaban J connectivity index is 1.91. The van der Waals surface area contributed by atoms with Gasteiger partial charge in [-0.2, -0.15) is 0 Å². The number of rotatable bonds is 5. The molecule has 0 radical (unpaired) electrons. The van der Waals surface area contributed by atoms with Crippen molar-refractivity contribution in [3.05, 3.63) is 35.0 Å². The van der Waals surface area contributed by atoms with Gasteiger partial charge in [-0.1, -0.05) is 11.6 Å². The van der Waals surface area contributed by atoms with Crippen molar-refractivity contribution in [1.82, 2.24) is 5.16 Å². The average Bonchev–Trinajstić information content (AvgIpc) is 2.85. The van der Waals surface area contributed by atoms with Crippen molar-refractivity contribution in [3.63, 3.8) is 0 Å². The molecule has 2 rings (SSSR count). The number of benzene rings is 1. The molecule has 0 bridgehead atoms. The minimum absolute atomic E-state index is 0.211. The maximum atomic E-state index is 11.8. The van der Waals surface area contributed by atoms with E-state index in [2.05, 4.69) is 15.8 Å². The molecular formula is C14H14ClN3O4. The van der Waals surface area contributed by atoms with Crippen molar-refractivity contribution in [2.24, 2.45) is 0 Å². The highest BCUT2D eigenvalue weighted by Gasteiger charge is 2.08. The fraction of sp³-hybridized carbons (Fsp3) is 0.214. The quantitative estimate of drug-likeness (QED) is 0.882. The normalized spacial score (nSPS) is 10.1. The summed E-state index contributed by atoms with van der Waals surface area (Å²) >= 11 is 6.01. The lowest BCUT2D eigenvalue weighted by molar-refractivity contribution is -0.118. The van der Waals surface area contributed by atoms with E-state index in [1.165, 1.54) is 13.0 Å². The Morgan fingerprint density at radius 3 is 2.68 bits per heavy atom. The van der Waals surface area contributed by atoms with Gasteiger partial charge in [0.2, 0.25) is 5.91 Å². The Hall–Kier alpha value is -2.54. The third kappa shape index (κ3) is 4.49. The molecule has 0 aliphatic carbocycles. The van der Waals surface area contributed by atoms with Crippen LogP contribution in [0.1, 0.15) is 12.7 Å². The molecule has 0 aliphatic heterocycles. The van der Waals surface area contributed by atoms with E-state index in [9.17, 15) is 9.59 Å². The van der Waals surface area contributed by atoms with Crippen molar-refractivity contribution >= 4 is 34.8 Å². The van der Waals surface area contributed by atoms with Crippen LogP contribution in [0.3, 0.4) is 0 Å². The molecule has 22 heavy (non-hydrogen) atoms. The number of halogens is 1. The predicted molar refractivity (Wildman–Crippen MR) is 81.1 cm³/mol. The first-order valence-corrected chi connectivity index (χ1v) is 6.75. The van der Waals surface area contributed by atoms with Gasteiger partial charge in [0, 0.05) is 18.7 Å². The Bertz CT molecular complexity index is 699. The summed E-state index contributed by atoms with van der Waals surface area (Å²) in [7, 11) is 0. The molecule has 1 aromatic carbocycles. The highest BCUT2D eigenvalue weighted by atomic mass is 35.5. The summed E-state index contributed by atoms with van der Waals surface area (Å²) in [4.78, 5) is 22.7. The van der Waals surface area contributed by atoms with E-state index in [4.69, 9.17) is 20.9 Å². The van der Waals surface area contributed by atoms with Gasteiger partial charge >= 0.3 is 0 Å². The van der Waals surface area contributed by atoms with Crippen molar-refractivity contribution in [2.45, 2.75) is 13.8 Å². The molecule has 116 valence electrons. The molecule has 7 nitrogen and oxygen atoms in total. The monoisotopic (exact) mass is 323 g/mol. The van der Waals surface area contributed by atoms with Crippen molar-refractivity contribution < 1.29 is 18.8 Å². The number of ether oxygens (including phenoxy) is 1. The lowest BCUT2D eigenvalue weighted by Gasteiger charge is -2.09. The second kappa shape index (κ2) is 6.95. The number of hydrogen-bond acceptors (Lipinski definition) is 5. The zero-order valence-electron chi connectivity index (χ0n) is 12.0. The summed E-state index contributed by atoms with van der Waals surface area (Å²) in [5.74, 6) is 0.237. The van der Waals surface area contributed by atoms with Gasteiger partial charge in [0.05, 0.1) is 10.7 Å². The molecule has 0 atom stereocenters. The first kappa shape index (κ1) is 15.8. The maximum absolute atomic E-state index is 11.8. The number of nitrogens with one attached hydrogen (secondary N) is 2. The summed E-state index contributed by atoms with van der Waals surface area (Å²) < 4.78 is 9.98. The Labute approximate surface area is 131 Å². The minimum Gasteiger partial charge on any atom is -0.465 e. The number of anilines is 2. The number of amides is 2. The zero-order valence-corrected chi connectivity index (χ0v) is 12.7. The number of carbonyl (C=O) groups is 2. The first-order valence-electron chi connectivity index (χ1n) is 6.37. The lowest BCUT2D eigenvalue weighted by Crippen LogP contribution is -2.20. The van der Waals surface area contributed by atoms with Crippen LogP contribution in [-0.4, -0.2) is 23.6 Å². The van der Waals surface area contributed by atoms with Crippen molar-refractivity contribution in [3.8, 4) is 5.88 Å². The molecule has 2 aromatic rings. The number of nitrogens with zero attached hydrogens (tertiary/aromatic N) is 1. The number of aryl methyl sites for hydroxylation is 1. The van der Waals surface area contributed by atoms with Gasteiger partial charge in [-0.05, 0) is 30.3 Å². The molecule has 2 amide bonds. The molecule has 0 spiro atoms. The van der Waals surface area contributed by atoms with E-state index in [0.717, 1.165) is 0 Å². The van der Waals surface area contributed by atoms with Gasteiger partial charge in [0.1, 0.15) is 5.76 Å². The highest BCUT2D eigenvalue weighted by Crippen LogP contribution is 2.25. The van der Waals surface area contributed by atoms with E-state index >= 15 is 0 Å². The number of hydrogen-bond donors (Lipinski definition) is 2. The van der Waals surface area contributed by atoms with Gasteiger partial charge in [-0.15, -0.1) is 0 Å². The molecule has 0 fully saturated rings. The Kier molecular flexibility index (Phi) is 5.00. The number of aromatic nitrogens is 1. The average molecular weight is 324 g/mol.